The van der Waals surface area contributed by atoms with Crippen molar-refractivity contribution in [2.45, 2.75) is 10.8 Å². The van der Waals surface area contributed by atoms with Crippen LogP contribution in [0.3, 0.4) is 0 Å². The van der Waals surface area contributed by atoms with E-state index < -0.39 is 10.8 Å². The normalized spacial score (nSPS) is 13.1. The maximum absolute atomic E-state index is 6.63. The highest BCUT2D eigenvalue weighted by atomic mass is 16.5. The Hall–Kier alpha value is -15.6. The number of rotatable bonds is 7. The summed E-state index contributed by atoms with van der Waals surface area (Å²) in [4.78, 5) is 4.86. The van der Waals surface area contributed by atoms with Crippen molar-refractivity contribution in [2.24, 2.45) is 0 Å². The summed E-state index contributed by atoms with van der Waals surface area (Å²) in [5.74, 6) is 3.44. The summed E-state index contributed by atoms with van der Waals surface area (Å²) in [6.07, 6.45) is 0. The summed E-state index contributed by atoms with van der Waals surface area (Å²) >= 11 is 0. The van der Waals surface area contributed by atoms with Gasteiger partial charge in [0.1, 0.15) is 23.0 Å². The summed E-state index contributed by atoms with van der Waals surface area (Å²) in [6.45, 7) is 0. The zero-order valence-corrected chi connectivity index (χ0v) is 65.4. The van der Waals surface area contributed by atoms with Crippen LogP contribution in [-0.2, 0) is 10.8 Å². The van der Waals surface area contributed by atoms with E-state index >= 15 is 0 Å². The van der Waals surface area contributed by atoms with E-state index in [4.69, 9.17) is 9.47 Å². The van der Waals surface area contributed by atoms with Crippen LogP contribution in [0.25, 0.3) is 122 Å². The SMILES string of the molecule is c1ccc(-c2ccc(N(c3ccc4c(c3)-c3ccccc3Oc3ccccc3-4)c3ccc4c(c3)C3(c5ccccc5-c5ccccc5-c5ccccc53)c3ccccc3-4)cc2)cc1.c1ccc(N(c2ccc3c(c2)-c2ccccc2Oc2ccccc2-3)c2ccc3c(c2)C2(c4ccccc4-c4ccccc4-c4ccccc42)c2ccccc2-3)cc1. The second-order valence-electron chi connectivity index (χ2n) is 31.9. The van der Waals surface area contributed by atoms with Crippen LogP contribution in [0, 0.1) is 0 Å². The number of fused-ring (bicyclic) bond motifs is 34. The molecule has 2 spiro atoms. The third-order valence-electron chi connectivity index (χ3n) is 25.8. The topological polar surface area (TPSA) is 24.9 Å². The van der Waals surface area contributed by atoms with Gasteiger partial charge >= 0.3 is 0 Å². The van der Waals surface area contributed by atoms with Gasteiger partial charge in [0.25, 0.3) is 0 Å². The van der Waals surface area contributed by atoms with Gasteiger partial charge in [-0.3, -0.25) is 0 Å². The molecule has 2 aliphatic heterocycles. The third-order valence-corrected chi connectivity index (χ3v) is 25.8. The summed E-state index contributed by atoms with van der Waals surface area (Å²) < 4.78 is 13.2. The lowest BCUT2D eigenvalue weighted by Crippen LogP contribution is -2.29. The lowest BCUT2D eigenvalue weighted by molar-refractivity contribution is 0.487. The van der Waals surface area contributed by atoms with Gasteiger partial charge in [-0.1, -0.05) is 352 Å². The number of hydrogen-bond donors (Lipinski definition) is 0. The average Bonchev–Trinajstić information content (AvgIpc) is 1.52. The molecule has 560 valence electrons. The fraction of sp³-hybridized carbons (Fsp3) is 0.0172. The van der Waals surface area contributed by atoms with E-state index in [2.05, 4.69) is 441 Å². The number of nitrogens with zero attached hydrogens (tertiary/aromatic N) is 2. The third kappa shape index (κ3) is 10.4. The Morgan fingerprint density at radius 3 is 0.675 bits per heavy atom. The van der Waals surface area contributed by atoms with Gasteiger partial charge in [0, 0.05) is 56.4 Å². The van der Waals surface area contributed by atoms with Gasteiger partial charge in [0.15, 0.2) is 0 Å². The molecule has 19 aromatic carbocycles. The predicted octanol–water partition coefficient (Wildman–Crippen LogP) is 30.9. The van der Waals surface area contributed by atoms with Gasteiger partial charge in [-0.2, -0.15) is 0 Å². The number of hydrogen-bond acceptors (Lipinski definition) is 4. The van der Waals surface area contributed by atoms with Crippen molar-refractivity contribution in [3.05, 3.63) is 493 Å². The molecule has 0 aromatic heterocycles. The van der Waals surface area contributed by atoms with E-state index in [0.29, 0.717) is 0 Å². The van der Waals surface area contributed by atoms with Crippen molar-refractivity contribution >= 4 is 34.1 Å². The molecule has 0 radical (unpaired) electrons. The van der Waals surface area contributed by atoms with Crippen molar-refractivity contribution in [1.82, 2.24) is 0 Å². The van der Waals surface area contributed by atoms with E-state index in [1.165, 1.54) is 122 Å². The first-order valence-electron chi connectivity index (χ1n) is 41.4. The second-order valence-corrected chi connectivity index (χ2v) is 31.9. The van der Waals surface area contributed by atoms with E-state index in [0.717, 1.165) is 102 Å². The molecule has 0 N–H and O–H groups in total. The molecule has 0 bridgehead atoms. The molecule has 0 fully saturated rings. The van der Waals surface area contributed by atoms with E-state index in [-0.39, 0.29) is 0 Å². The summed E-state index contributed by atoms with van der Waals surface area (Å²) in [7, 11) is 0. The van der Waals surface area contributed by atoms with Crippen molar-refractivity contribution in [3.63, 3.8) is 0 Å². The molecule has 0 amide bonds. The number of para-hydroxylation sites is 5. The minimum absolute atomic E-state index is 0.565. The fourth-order valence-corrected chi connectivity index (χ4v) is 20.9. The standard InChI is InChI=1S/C61H39NO.C55H35NO/c1-2-16-40(17-3-1)41-30-32-42(33-31-41)62(43-34-36-47-52-23-9-14-28-59(52)63-60-29-15-10-24-53(60)54(47)38-43)44-35-37-51-50-22-8-13-27-57(50)61(58(51)39-44)55-25-11-6-20-48(55)45-18-4-5-19-46(45)49-21-7-12-26-56(49)61;1-2-16-36(17-3-1)56(37-30-32-41-46-23-9-14-28-53(46)57-54-29-15-10-24-47(54)48(41)34-37)38-31-33-45-44-22-8-13-27-51(44)55(52(45)35-38)49-25-11-6-20-42(49)39-18-4-5-19-40(39)43-21-7-12-26-50(43)55/h1-39H;1-35H. The molecular formula is C116H74N2O2. The Labute approximate surface area is 698 Å². The molecule has 2 heterocycles. The first kappa shape index (κ1) is 68.8. The van der Waals surface area contributed by atoms with Crippen molar-refractivity contribution in [3.8, 4) is 145 Å². The highest BCUT2D eigenvalue weighted by Gasteiger charge is 2.52. The van der Waals surface area contributed by atoms with Gasteiger partial charge < -0.3 is 19.3 Å². The van der Waals surface area contributed by atoms with Crippen LogP contribution in [0.15, 0.2) is 449 Å². The Bertz CT molecular complexity index is 7250. The van der Waals surface area contributed by atoms with Crippen molar-refractivity contribution < 1.29 is 9.47 Å². The highest BCUT2D eigenvalue weighted by Crippen LogP contribution is 2.65. The molecular weight excluding hydrogens is 1450 g/mol. The fourth-order valence-electron chi connectivity index (χ4n) is 20.9. The number of ether oxygens (including phenoxy) is 2. The molecule has 0 atom stereocenters. The van der Waals surface area contributed by atoms with E-state index in [1.54, 1.807) is 0 Å². The molecule has 4 nitrogen and oxygen atoms in total. The Kier molecular flexibility index (Phi) is 15.8. The molecule has 6 aliphatic rings. The molecule has 0 unspecified atom stereocenters. The van der Waals surface area contributed by atoms with Gasteiger partial charge in [-0.05, 0) is 242 Å². The van der Waals surface area contributed by atoms with Crippen LogP contribution >= 0.6 is 0 Å². The van der Waals surface area contributed by atoms with Gasteiger partial charge in [-0.15, -0.1) is 0 Å². The Morgan fingerprint density at radius 1 is 0.133 bits per heavy atom. The van der Waals surface area contributed by atoms with E-state index in [9.17, 15) is 0 Å². The first-order chi connectivity index (χ1) is 59.5. The van der Waals surface area contributed by atoms with Gasteiger partial charge in [0.2, 0.25) is 0 Å². The molecule has 120 heavy (non-hydrogen) atoms. The van der Waals surface area contributed by atoms with Crippen LogP contribution in [0.5, 0.6) is 23.0 Å². The van der Waals surface area contributed by atoms with Crippen molar-refractivity contribution in [2.75, 3.05) is 9.80 Å². The van der Waals surface area contributed by atoms with Gasteiger partial charge in [0.05, 0.1) is 10.8 Å². The smallest absolute Gasteiger partial charge is 0.135 e. The zero-order chi connectivity index (χ0) is 79.0. The largest absolute Gasteiger partial charge is 0.456 e. The quantitative estimate of drug-likeness (QED) is 0.159. The Morgan fingerprint density at radius 2 is 0.342 bits per heavy atom. The van der Waals surface area contributed by atoms with Crippen LogP contribution in [0.2, 0.25) is 0 Å². The average molecular weight is 1530 g/mol. The summed E-state index contributed by atoms with van der Waals surface area (Å²) in [5.41, 5.74) is 42.2. The van der Waals surface area contributed by atoms with Crippen LogP contribution < -0.4 is 19.3 Å². The van der Waals surface area contributed by atoms with Crippen LogP contribution in [-0.4, -0.2) is 0 Å². The monoisotopic (exact) mass is 1530 g/mol. The minimum Gasteiger partial charge on any atom is -0.456 e. The summed E-state index contributed by atoms with van der Waals surface area (Å²) in [5, 5.41) is 0. The van der Waals surface area contributed by atoms with E-state index in [1.807, 2.05) is 18.2 Å². The second kappa shape index (κ2) is 27.5. The molecule has 4 heteroatoms. The molecule has 19 aromatic rings. The summed E-state index contributed by atoms with van der Waals surface area (Å²) in [6, 6.07) is 164. The van der Waals surface area contributed by atoms with Crippen LogP contribution in [0.1, 0.15) is 44.5 Å². The maximum atomic E-state index is 6.63. The molecule has 25 rings (SSSR count). The predicted molar refractivity (Wildman–Crippen MR) is 493 cm³/mol. The molecule has 0 saturated carbocycles. The highest BCUT2D eigenvalue weighted by molar-refractivity contribution is 6.03. The maximum Gasteiger partial charge on any atom is 0.135 e. The Balaban J connectivity index is 0.000000137. The lowest BCUT2D eigenvalue weighted by atomic mass is 9.66. The zero-order valence-electron chi connectivity index (χ0n) is 65.4. The molecule has 4 aliphatic carbocycles. The number of anilines is 6. The van der Waals surface area contributed by atoms with Crippen molar-refractivity contribution in [1.29, 1.82) is 0 Å². The van der Waals surface area contributed by atoms with Gasteiger partial charge in [-0.25, -0.2) is 0 Å². The van der Waals surface area contributed by atoms with Crippen LogP contribution in [0.4, 0.5) is 34.1 Å². The first-order valence-corrected chi connectivity index (χ1v) is 41.4. The molecule has 0 saturated heterocycles. The number of benzene rings is 19. The minimum atomic E-state index is -0.593. The lowest BCUT2D eigenvalue weighted by Gasteiger charge is -2.36.